The molecule has 0 radical (unpaired) electrons. The van der Waals surface area contributed by atoms with Crippen LogP contribution in [0.15, 0.2) is 6.07 Å². The van der Waals surface area contributed by atoms with Gasteiger partial charge in [0.05, 0.1) is 17.2 Å². The molecule has 1 N–H and O–H groups in total. The van der Waals surface area contributed by atoms with Crippen molar-refractivity contribution in [3.8, 4) is 0 Å². The maximum atomic E-state index is 12.7. The zero-order valence-corrected chi connectivity index (χ0v) is 12.9. The number of rotatable bonds is 4. The molecule has 0 bridgehead atoms. The van der Waals surface area contributed by atoms with Crippen molar-refractivity contribution in [1.29, 1.82) is 0 Å². The van der Waals surface area contributed by atoms with Crippen LogP contribution in [0.4, 0.5) is 13.2 Å². The molecule has 0 amide bonds. The zero-order chi connectivity index (χ0) is 16.5. The normalized spacial score (nSPS) is 22.9. The van der Waals surface area contributed by atoms with Crippen LogP contribution in [0.5, 0.6) is 0 Å². The Bertz CT molecular complexity index is 627. The molecule has 0 saturated carbocycles. The highest BCUT2D eigenvalue weighted by Crippen LogP contribution is 2.29. The fourth-order valence-corrected chi connectivity index (χ4v) is 4.19. The molecule has 0 spiro atoms. The van der Waals surface area contributed by atoms with E-state index in [-0.39, 0.29) is 37.6 Å². The average Bonchev–Trinajstić information content (AvgIpc) is 2.74. The van der Waals surface area contributed by atoms with E-state index in [0.29, 0.717) is 5.69 Å². The van der Waals surface area contributed by atoms with E-state index in [9.17, 15) is 21.6 Å². The predicted molar refractivity (Wildman–Crippen MR) is 72.8 cm³/mol. The van der Waals surface area contributed by atoms with Crippen molar-refractivity contribution < 1.29 is 26.7 Å². The van der Waals surface area contributed by atoms with Crippen molar-refractivity contribution in [2.24, 2.45) is 7.05 Å². The topological polar surface area (TPSA) is 75.4 Å². The Hall–Kier alpha value is -1.13. The number of hydrogen-bond donors (Lipinski definition) is 1. The maximum absolute atomic E-state index is 12.7. The van der Waals surface area contributed by atoms with Gasteiger partial charge in [-0.2, -0.15) is 18.3 Å². The smallest absolute Gasteiger partial charge is 0.396 e. The number of sulfone groups is 1. The fourth-order valence-electron chi connectivity index (χ4n) is 2.54. The van der Waals surface area contributed by atoms with Gasteiger partial charge in [-0.1, -0.05) is 0 Å². The van der Waals surface area contributed by atoms with Crippen molar-refractivity contribution in [3.05, 3.63) is 17.5 Å². The number of nitrogens with zero attached hydrogens (tertiary/aromatic N) is 3. The number of hydrogen-bond acceptors (Lipinski definition) is 5. The molecule has 1 aromatic heterocycles. The highest BCUT2D eigenvalue weighted by molar-refractivity contribution is 7.91. The van der Waals surface area contributed by atoms with E-state index < -0.39 is 27.7 Å². The van der Waals surface area contributed by atoms with E-state index in [2.05, 4.69) is 5.10 Å². The summed E-state index contributed by atoms with van der Waals surface area (Å²) in [6, 6.07) is 0.576. The largest absolute Gasteiger partial charge is 0.435 e. The summed E-state index contributed by atoms with van der Waals surface area (Å²) >= 11 is 0. The molecule has 1 unspecified atom stereocenters. The van der Waals surface area contributed by atoms with Gasteiger partial charge in [0.1, 0.15) is 0 Å². The van der Waals surface area contributed by atoms with Crippen LogP contribution in [0.1, 0.15) is 17.8 Å². The van der Waals surface area contributed by atoms with Gasteiger partial charge < -0.3 is 5.11 Å². The molecular weight excluding hydrogens is 323 g/mol. The summed E-state index contributed by atoms with van der Waals surface area (Å²) < 4.78 is 62.4. The van der Waals surface area contributed by atoms with Crippen LogP contribution in [0.2, 0.25) is 0 Å². The summed E-state index contributed by atoms with van der Waals surface area (Å²) in [5.41, 5.74) is -0.608. The lowest BCUT2D eigenvalue weighted by Gasteiger charge is -2.35. The minimum Gasteiger partial charge on any atom is -0.396 e. The molecule has 1 atom stereocenters. The third-order valence-electron chi connectivity index (χ3n) is 3.75. The molecule has 6 nitrogen and oxygen atoms in total. The first-order chi connectivity index (χ1) is 10.1. The van der Waals surface area contributed by atoms with Crippen LogP contribution in [-0.4, -0.2) is 58.9 Å². The van der Waals surface area contributed by atoms with Gasteiger partial charge in [-0.3, -0.25) is 9.58 Å². The van der Waals surface area contributed by atoms with Gasteiger partial charge in [-0.25, -0.2) is 8.42 Å². The molecule has 2 heterocycles. The molecule has 1 aliphatic rings. The SMILES string of the molecule is Cn1nc(C(F)(F)F)cc1CN1CCS(=O)(=O)CC1CCO. The molecule has 10 heteroatoms. The maximum Gasteiger partial charge on any atom is 0.435 e. The molecule has 1 aromatic rings. The molecule has 0 aromatic carbocycles. The molecule has 1 aliphatic heterocycles. The van der Waals surface area contributed by atoms with Crippen molar-refractivity contribution in [2.75, 3.05) is 24.7 Å². The monoisotopic (exact) mass is 341 g/mol. The van der Waals surface area contributed by atoms with E-state index in [1.807, 2.05) is 0 Å². The van der Waals surface area contributed by atoms with Crippen LogP contribution in [0.25, 0.3) is 0 Å². The van der Waals surface area contributed by atoms with E-state index in [1.54, 1.807) is 4.90 Å². The quantitative estimate of drug-likeness (QED) is 0.859. The van der Waals surface area contributed by atoms with Gasteiger partial charge in [0, 0.05) is 32.8 Å². The average molecular weight is 341 g/mol. The summed E-state index contributed by atoms with van der Waals surface area (Å²) in [5.74, 6) is -0.115. The lowest BCUT2D eigenvalue weighted by molar-refractivity contribution is -0.141. The van der Waals surface area contributed by atoms with Crippen LogP contribution < -0.4 is 0 Å². The van der Waals surface area contributed by atoms with Gasteiger partial charge in [-0.05, 0) is 12.5 Å². The number of aliphatic hydroxyl groups excluding tert-OH is 1. The molecule has 22 heavy (non-hydrogen) atoms. The first-order valence-corrected chi connectivity index (χ1v) is 8.60. The number of aliphatic hydroxyl groups is 1. The molecule has 1 fully saturated rings. The highest BCUT2D eigenvalue weighted by atomic mass is 32.2. The first-order valence-electron chi connectivity index (χ1n) is 6.78. The Morgan fingerprint density at radius 2 is 2.14 bits per heavy atom. The molecule has 126 valence electrons. The Morgan fingerprint density at radius 3 is 2.68 bits per heavy atom. The zero-order valence-electron chi connectivity index (χ0n) is 12.0. The van der Waals surface area contributed by atoms with Gasteiger partial charge >= 0.3 is 6.18 Å². The Balaban J connectivity index is 2.17. The second kappa shape index (κ2) is 6.17. The van der Waals surface area contributed by atoms with Crippen molar-refractivity contribution >= 4 is 9.84 Å². The minimum absolute atomic E-state index is 0.0289. The highest BCUT2D eigenvalue weighted by Gasteiger charge is 2.36. The van der Waals surface area contributed by atoms with E-state index in [0.717, 1.165) is 10.7 Å². The van der Waals surface area contributed by atoms with Crippen molar-refractivity contribution in [1.82, 2.24) is 14.7 Å². The van der Waals surface area contributed by atoms with E-state index in [1.165, 1.54) is 7.05 Å². The Morgan fingerprint density at radius 1 is 1.45 bits per heavy atom. The number of aromatic nitrogens is 2. The number of aryl methyl sites for hydroxylation is 1. The second-order valence-electron chi connectivity index (χ2n) is 5.39. The Labute approximate surface area is 126 Å². The number of halogens is 3. The fraction of sp³-hybridized carbons (Fsp3) is 0.750. The van der Waals surface area contributed by atoms with Gasteiger partial charge in [0.2, 0.25) is 0 Å². The van der Waals surface area contributed by atoms with Crippen molar-refractivity contribution in [2.45, 2.75) is 25.2 Å². The summed E-state index contributed by atoms with van der Waals surface area (Å²) in [5, 5.41) is 12.5. The van der Waals surface area contributed by atoms with E-state index in [4.69, 9.17) is 5.11 Å². The molecule has 2 rings (SSSR count). The van der Waals surface area contributed by atoms with Crippen LogP contribution in [0, 0.1) is 0 Å². The minimum atomic E-state index is -4.51. The van der Waals surface area contributed by atoms with Crippen LogP contribution in [-0.2, 0) is 29.6 Å². The summed E-state index contributed by atoms with van der Waals surface area (Å²) in [6.07, 6.45) is -4.24. The molecule has 0 aliphatic carbocycles. The van der Waals surface area contributed by atoms with Crippen LogP contribution >= 0.6 is 0 Å². The summed E-state index contributed by atoms with van der Waals surface area (Å²) in [7, 11) is -1.74. The molecule has 1 saturated heterocycles. The third-order valence-corrected chi connectivity index (χ3v) is 5.44. The standard InChI is InChI=1S/C12H18F3N3O3S/c1-17-10(6-11(16-17)12(13,14)15)7-18-3-5-22(20,21)8-9(18)2-4-19/h6,9,19H,2-5,7-8H2,1H3. The van der Waals surface area contributed by atoms with Crippen molar-refractivity contribution in [3.63, 3.8) is 0 Å². The summed E-state index contributed by atoms with van der Waals surface area (Å²) in [6.45, 7) is 0.231. The van der Waals surface area contributed by atoms with Crippen LogP contribution in [0.3, 0.4) is 0 Å². The predicted octanol–water partition coefficient (Wildman–Crippen LogP) is 0.420. The molecular formula is C12H18F3N3O3S. The van der Waals surface area contributed by atoms with Gasteiger partial charge in [-0.15, -0.1) is 0 Å². The van der Waals surface area contributed by atoms with Gasteiger partial charge in [0.15, 0.2) is 15.5 Å². The third kappa shape index (κ3) is 3.99. The summed E-state index contributed by atoms with van der Waals surface area (Å²) in [4.78, 5) is 1.79. The lowest BCUT2D eigenvalue weighted by Crippen LogP contribution is -2.48. The van der Waals surface area contributed by atoms with Gasteiger partial charge in [0.25, 0.3) is 0 Å². The second-order valence-corrected chi connectivity index (χ2v) is 7.62. The Kier molecular flexibility index (Phi) is 4.83. The van der Waals surface area contributed by atoms with E-state index >= 15 is 0 Å². The lowest BCUT2D eigenvalue weighted by atomic mass is 10.2. The first kappa shape index (κ1) is 17.2. The number of alkyl halides is 3.